The summed E-state index contributed by atoms with van der Waals surface area (Å²) in [5.74, 6) is -1.14. The number of alkyl halides is 1. The number of nitrogens with zero attached hydrogens (tertiary/aromatic N) is 4. The van der Waals surface area contributed by atoms with E-state index in [-0.39, 0.29) is 5.82 Å². The molecule has 2 heterocycles. The summed E-state index contributed by atoms with van der Waals surface area (Å²) in [4.78, 5) is 13.7. The van der Waals surface area contributed by atoms with Crippen LogP contribution in [0.15, 0.2) is 12.7 Å². The fraction of sp³-hybridized carbons (Fsp3) is 0.700. The molecule has 100 valence electrons. The van der Waals surface area contributed by atoms with Crippen LogP contribution in [0.3, 0.4) is 0 Å². The maximum Gasteiger partial charge on any atom is 0.290 e. The zero-order valence-corrected chi connectivity index (χ0v) is 11.2. The molecule has 18 heavy (non-hydrogen) atoms. The van der Waals surface area contributed by atoms with Crippen LogP contribution in [0.1, 0.15) is 5.82 Å². The summed E-state index contributed by atoms with van der Waals surface area (Å²) in [5, 5.41) is -1.35. The highest BCUT2D eigenvalue weighted by Crippen LogP contribution is 2.45. The third-order valence-corrected chi connectivity index (χ3v) is 3.67. The van der Waals surface area contributed by atoms with Crippen LogP contribution in [0.25, 0.3) is 0 Å². The third-order valence-electron chi connectivity index (χ3n) is 2.97. The van der Waals surface area contributed by atoms with Gasteiger partial charge in [0.1, 0.15) is 12.7 Å². The van der Waals surface area contributed by atoms with Gasteiger partial charge in [0.05, 0.1) is 6.61 Å². The smallest absolute Gasteiger partial charge is 0.290 e. The first-order valence-corrected chi connectivity index (χ1v) is 5.75. The quantitative estimate of drug-likeness (QED) is 0.575. The van der Waals surface area contributed by atoms with Crippen LogP contribution in [-0.4, -0.2) is 59.5 Å². The van der Waals surface area contributed by atoms with Gasteiger partial charge in [-0.2, -0.15) is 0 Å². The molecule has 2 atom stereocenters. The number of ether oxygens (including phenoxy) is 3. The van der Waals surface area contributed by atoms with E-state index in [4.69, 9.17) is 25.8 Å². The van der Waals surface area contributed by atoms with E-state index in [1.165, 1.54) is 26.9 Å². The summed E-state index contributed by atoms with van der Waals surface area (Å²) in [6.45, 7) is 1.03. The number of morpholine rings is 1. The summed E-state index contributed by atoms with van der Waals surface area (Å²) < 4.78 is 16.6. The molecule has 1 aromatic rings. The molecule has 0 aliphatic carbocycles. The lowest BCUT2D eigenvalue weighted by Gasteiger charge is -2.50. The van der Waals surface area contributed by atoms with Crippen LogP contribution in [0.2, 0.25) is 0 Å². The third kappa shape index (κ3) is 1.79. The largest absolute Gasteiger partial charge is 0.345 e. The van der Waals surface area contributed by atoms with Crippen molar-refractivity contribution in [1.29, 1.82) is 0 Å². The van der Waals surface area contributed by atoms with Crippen molar-refractivity contribution in [3.63, 3.8) is 0 Å². The number of likely N-dealkylation sites (N-methyl/N-ethyl adjacent to an activating group) is 1. The van der Waals surface area contributed by atoms with Gasteiger partial charge < -0.3 is 14.2 Å². The maximum absolute atomic E-state index is 6.52. The van der Waals surface area contributed by atoms with E-state index >= 15 is 0 Å². The van der Waals surface area contributed by atoms with Crippen molar-refractivity contribution in [3.05, 3.63) is 18.5 Å². The number of methoxy groups -OCH3 is 2. The van der Waals surface area contributed by atoms with E-state index < -0.39 is 11.0 Å². The average Bonchev–Trinajstić information content (AvgIpc) is 2.43. The molecule has 1 aromatic heterocycles. The Hall–Kier alpha value is -0.860. The summed E-state index contributed by atoms with van der Waals surface area (Å²) in [6.07, 6.45) is 2.71. The number of hydrogen-bond donors (Lipinski definition) is 0. The molecule has 2 unspecified atom stereocenters. The standard InChI is InChI=1S/C10H15ClN4O3/c1-15-4-5-18-9(16-2,10(15,11)17-3)8-13-6-12-7-14-8/h6-7H,4-5H2,1-3H3. The van der Waals surface area contributed by atoms with Crippen molar-refractivity contribution in [2.24, 2.45) is 0 Å². The molecule has 1 aliphatic rings. The Morgan fingerprint density at radius 1 is 1.33 bits per heavy atom. The van der Waals surface area contributed by atoms with E-state index in [0.29, 0.717) is 13.2 Å². The zero-order valence-electron chi connectivity index (χ0n) is 10.5. The fourth-order valence-electron chi connectivity index (χ4n) is 1.99. The molecular formula is C10H15ClN4O3. The lowest BCUT2D eigenvalue weighted by Crippen LogP contribution is -2.65. The number of rotatable bonds is 3. The minimum absolute atomic E-state index is 0.267. The molecule has 1 saturated heterocycles. The van der Waals surface area contributed by atoms with Gasteiger partial charge in [-0.3, -0.25) is 4.90 Å². The van der Waals surface area contributed by atoms with Crippen LogP contribution in [0.4, 0.5) is 0 Å². The van der Waals surface area contributed by atoms with E-state index in [2.05, 4.69) is 15.0 Å². The maximum atomic E-state index is 6.52. The summed E-state index contributed by atoms with van der Waals surface area (Å²) >= 11 is 6.52. The van der Waals surface area contributed by atoms with Crippen molar-refractivity contribution in [3.8, 4) is 0 Å². The second-order valence-corrected chi connectivity index (χ2v) is 4.33. The van der Waals surface area contributed by atoms with Gasteiger partial charge in [0.15, 0.2) is 5.82 Å². The second kappa shape index (κ2) is 5.02. The van der Waals surface area contributed by atoms with Crippen molar-refractivity contribution >= 4 is 11.6 Å². The van der Waals surface area contributed by atoms with Crippen molar-refractivity contribution in [2.75, 3.05) is 34.4 Å². The van der Waals surface area contributed by atoms with Crippen LogP contribution < -0.4 is 0 Å². The molecule has 0 amide bonds. The monoisotopic (exact) mass is 274 g/mol. The van der Waals surface area contributed by atoms with Gasteiger partial charge in [-0.1, -0.05) is 11.6 Å². The molecule has 2 rings (SSSR count). The summed E-state index contributed by atoms with van der Waals surface area (Å²) in [5.41, 5.74) is 0. The predicted octanol–water partition coefficient (Wildman–Crippen LogP) is 0.172. The number of halogens is 1. The highest BCUT2D eigenvalue weighted by molar-refractivity contribution is 6.23. The molecule has 7 nitrogen and oxygen atoms in total. The Balaban J connectivity index is 2.53. The minimum Gasteiger partial charge on any atom is -0.345 e. The highest BCUT2D eigenvalue weighted by Gasteiger charge is 2.62. The van der Waals surface area contributed by atoms with Gasteiger partial charge in [-0.05, 0) is 7.05 Å². The Morgan fingerprint density at radius 2 is 2.00 bits per heavy atom. The molecule has 8 heteroatoms. The molecule has 1 fully saturated rings. The first-order valence-electron chi connectivity index (χ1n) is 5.37. The van der Waals surface area contributed by atoms with Crippen LogP contribution in [0, 0.1) is 0 Å². The first-order chi connectivity index (χ1) is 8.60. The van der Waals surface area contributed by atoms with Gasteiger partial charge in [0, 0.05) is 20.8 Å². The number of hydrogen-bond acceptors (Lipinski definition) is 7. The van der Waals surface area contributed by atoms with Crippen molar-refractivity contribution in [1.82, 2.24) is 19.9 Å². The van der Waals surface area contributed by atoms with Gasteiger partial charge in [-0.15, -0.1) is 0 Å². The van der Waals surface area contributed by atoms with Gasteiger partial charge in [0.25, 0.3) is 11.0 Å². The second-order valence-electron chi connectivity index (χ2n) is 3.82. The normalized spacial score (nSPS) is 33.6. The van der Waals surface area contributed by atoms with Crippen LogP contribution >= 0.6 is 11.6 Å². The molecule has 0 aromatic carbocycles. The number of aromatic nitrogens is 3. The fourth-order valence-corrected chi connectivity index (χ4v) is 2.29. The Morgan fingerprint density at radius 3 is 2.56 bits per heavy atom. The van der Waals surface area contributed by atoms with Crippen molar-refractivity contribution < 1.29 is 14.2 Å². The van der Waals surface area contributed by atoms with Gasteiger partial charge in [0.2, 0.25) is 0 Å². The van der Waals surface area contributed by atoms with Gasteiger partial charge in [-0.25, -0.2) is 15.0 Å². The highest BCUT2D eigenvalue weighted by atomic mass is 35.5. The lowest BCUT2D eigenvalue weighted by molar-refractivity contribution is -0.362. The molecule has 1 aliphatic heterocycles. The lowest BCUT2D eigenvalue weighted by atomic mass is 10.1. The molecule has 0 N–H and O–H groups in total. The minimum atomic E-state index is -1.40. The average molecular weight is 275 g/mol. The summed E-state index contributed by atoms with van der Waals surface area (Å²) in [7, 11) is 4.76. The van der Waals surface area contributed by atoms with E-state index in [1.807, 2.05) is 7.05 Å². The zero-order chi connectivity index (χ0) is 13.2. The Kier molecular flexibility index (Phi) is 3.79. The van der Waals surface area contributed by atoms with Crippen molar-refractivity contribution in [2.45, 2.75) is 11.0 Å². The topological polar surface area (TPSA) is 69.6 Å². The van der Waals surface area contributed by atoms with E-state index in [9.17, 15) is 0 Å². The Labute approximate surface area is 110 Å². The summed E-state index contributed by atoms with van der Waals surface area (Å²) in [6, 6.07) is 0. The molecule has 0 bridgehead atoms. The van der Waals surface area contributed by atoms with Crippen LogP contribution in [-0.2, 0) is 20.0 Å². The molecule has 0 radical (unpaired) electrons. The first kappa shape index (κ1) is 13.6. The van der Waals surface area contributed by atoms with E-state index in [1.54, 1.807) is 4.90 Å². The molecular weight excluding hydrogens is 260 g/mol. The van der Waals surface area contributed by atoms with E-state index in [0.717, 1.165) is 0 Å². The van der Waals surface area contributed by atoms with Gasteiger partial charge >= 0.3 is 0 Å². The van der Waals surface area contributed by atoms with Crippen LogP contribution in [0.5, 0.6) is 0 Å². The molecule has 0 spiro atoms. The predicted molar refractivity (Wildman–Crippen MR) is 62.7 cm³/mol. The Bertz CT molecular complexity index is 409. The molecule has 0 saturated carbocycles. The SMILES string of the molecule is COC1(c2ncncn2)OCCN(C)C1(Cl)OC.